The van der Waals surface area contributed by atoms with Gasteiger partial charge in [-0.3, -0.25) is 19.9 Å². The van der Waals surface area contributed by atoms with Crippen LogP contribution >= 0.6 is 0 Å². The van der Waals surface area contributed by atoms with Gasteiger partial charge in [0.05, 0.1) is 10.5 Å². The summed E-state index contributed by atoms with van der Waals surface area (Å²) in [5.74, 6) is -1.37. The maximum absolute atomic E-state index is 11.8. The lowest BCUT2D eigenvalue weighted by Gasteiger charge is -2.07. The molecule has 23 heavy (non-hydrogen) atoms. The largest absolute Gasteiger partial charge is 0.452 e. The van der Waals surface area contributed by atoms with Crippen LogP contribution in [-0.2, 0) is 9.53 Å². The van der Waals surface area contributed by atoms with E-state index in [1.54, 1.807) is 19.1 Å². The molecule has 0 saturated heterocycles. The smallest absolute Gasteiger partial charge is 0.340 e. The van der Waals surface area contributed by atoms with Crippen LogP contribution in [0.1, 0.15) is 16.1 Å². The lowest BCUT2D eigenvalue weighted by molar-refractivity contribution is -0.383. The van der Waals surface area contributed by atoms with Crippen molar-refractivity contribution in [2.75, 3.05) is 11.9 Å². The van der Waals surface area contributed by atoms with Gasteiger partial charge in [-0.2, -0.15) is 0 Å². The summed E-state index contributed by atoms with van der Waals surface area (Å²) < 4.78 is 4.84. The van der Waals surface area contributed by atoms with Crippen molar-refractivity contribution < 1.29 is 19.2 Å². The van der Waals surface area contributed by atoms with Crippen molar-refractivity contribution in [1.82, 2.24) is 4.98 Å². The molecular weight excluding hydrogens is 302 g/mol. The van der Waals surface area contributed by atoms with Gasteiger partial charge in [0.2, 0.25) is 0 Å². The van der Waals surface area contributed by atoms with Gasteiger partial charge in [0, 0.05) is 18.0 Å². The Morgan fingerprint density at radius 2 is 2.00 bits per heavy atom. The normalized spacial score (nSPS) is 9.96. The molecule has 0 bridgehead atoms. The Balaban J connectivity index is 1.94. The van der Waals surface area contributed by atoms with Gasteiger partial charge < -0.3 is 10.1 Å². The van der Waals surface area contributed by atoms with E-state index in [1.165, 1.54) is 30.5 Å². The number of carbonyl (C=O) groups is 2. The fourth-order valence-electron chi connectivity index (χ4n) is 1.73. The van der Waals surface area contributed by atoms with E-state index in [2.05, 4.69) is 10.3 Å². The average Bonchev–Trinajstić information content (AvgIpc) is 2.53. The van der Waals surface area contributed by atoms with Gasteiger partial charge in [0.25, 0.3) is 11.6 Å². The van der Waals surface area contributed by atoms with Crippen LogP contribution in [-0.4, -0.2) is 28.4 Å². The van der Waals surface area contributed by atoms with Gasteiger partial charge in [-0.25, -0.2) is 4.79 Å². The second-order valence-corrected chi connectivity index (χ2v) is 4.59. The summed E-state index contributed by atoms with van der Waals surface area (Å²) in [5, 5.41) is 13.2. The minimum Gasteiger partial charge on any atom is -0.452 e. The van der Waals surface area contributed by atoms with Crippen molar-refractivity contribution in [3.63, 3.8) is 0 Å². The molecule has 0 radical (unpaired) electrons. The van der Waals surface area contributed by atoms with Gasteiger partial charge in [0.1, 0.15) is 5.69 Å². The van der Waals surface area contributed by atoms with Crippen LogP contribution in [0.3, 0.4) is 0 Å². The summed E-state index contributed by atoms with van der Waals surface area (Å²) >= 11 is 0. The number of pyridine rings is 1. The fraction of sp³-hybridized carbons (Fsp3) is 0.133. The van der Waals surface area contributed by atoms with Gasteiger partial charge in [-0.1, -0.05) is 12.1 Å². The molecule has 2 aromatic rings. The van der Waals surface area contributed by atoms with Gasteiger partial charge in [-0.05, 0) is 25.1 Å². The summed E-state index contributed by atoms with van der Waals surface area (Å²) in [7, 11) is 0. The molecule has 1 aromatic carbocycles. The summed E-state index contributed by atoms with van der Waals surface area (Å²) in [6, 6.07) is 8.86. The molecule has 0 saturated carbocycles. The van der Waals surface area contributed by atoms with Crippen molar-refractivity contribution in [2.24, 2.45) is 0 Å². The molecule has 1 heterocycles. The molecule has 0 aliphatic carbocycles. The quantitative estimate of drug-likeness (QED) is 0.513. The molecular formula is C15H13N3O5. The number of benzene rings is 1. The van der Waals surface area contributed by atoms with Crippen LogP contribution in [0.2, 0.25) is 0 Å². The second kappa shape index (κ2) is 7.12. The first-order valence-electron chi connectivity index (χ1n) is 6.60. The number of hydrogen-bond donors (Lipinski definition) is 1. The third-order valence-electron chi connectivity index (χ3n) is 2.86. The Morgan fingerprint density at radius 3 is 2.65 bits per heavy atom. The number of hydrogen-bond acceptors (Lipinski definition) is 6. The molecule has 0 aliphatic heterocycles. The predicted molar refractivity (Wildman–Crippen MR) is 81.0 cm³/mol. The summed E-state index contributed by atoms with van der Waals surface area (Å²) in [6.45, 7) is 1.22. The number of para-hydroxylation sites is 2. The van der Waals surface area contributed by atoms with Crippen LogP contribution in [0.15, 0.2) is 42.6 Å². The predicted octanol–water partition coefficient (Wildman–Crippen LogP) is 2.09. The highest BCUT2D eigenvalue weighted by atomic mass is 16.6. The lowest BCUT2D eigenvalue weighted by Crippen LogP contribution is -2.21. The summed E-state index contributed by atoms with van der Waals surface area (Å²) in [5.41, 5.74) is 0.759. The van der Waals surface area contributed by atoms with Crippen molar-refractivity contribution in [2.45, 2.75) is 6.92 Å². The van der Waals surface area contributed by atoms with Gasteiger partial charge >= 0.3 is 5.97 Å². The van der Waals surface area contributed by atoms with Crippen LogP contribution < -0.4 is 5.32 Å². The highest BCUT2D eigenvalue weighted by Crippen LogP contribution is 2.22. The number of aryl methyl sites for hydroxylation is 1. The zero-order chi connectivity index (χ0) is 16.8. The van der Waals surface area contributed by atoms with Gasteiger partial charge in [-0.15, -0.1) is 0 Å². The maximum Gasteiger partial charge on any atom is 0.340 e. The maximum atomic E-state index is 11.8. The van der Waals surface area contributed by atoms with Crippen LogP contribution in [0, 0.1) is 17.0 Å². The minimum absolute atomic E-state index is 0.0375. The van der Waals surface area contributed by atoms with Crippen molar-refractivity contribution >= 4 is 23.3 Å². The van der Waals surface area contributed by atoms with Crippen molar-refractivity contribution in [3.8, 4) is 0 Å². The number of carbonyl (C=O) groups excluding carboxylic acids is 2. The van der Waals surface area contributed by atoms with E-state index in [9.17, 15) is 19.7 Å². The molecule has 1 amide bonds. The number of nitro benzene ring substituents is 1. The second-order valence-electron chi connectivity index (χ2n) is 4.59. The number of ether oxygens (including phenoxy) is 1. The van der Waals surface area contributed by atoms with E-state index >= 15 is 0 Å². The number of amides is 1. The molecule has 8 nitrogen and oxygen atoms in total. The number of anilines is 1. The number of rotatable bonds is 5. The molecule has 1 aromatic heterocycles. The molecule has 2 rings (SSSR count). The molecule has 0 aliphatic rings. The van der Waals surface area contributed by atoms with E-state index < -0.39 is 23.4 Å². The SMILES string of the molecule is Cc1ccc(C(=O)OCC(=O)Nc2ccccc2[N+](=O)[O-])cn1. The highest BCUT2D eigenvalue weighted by molar-refractivity contribution is 5.96. The number of nitrogens with zero attached hydrogens (tertiary/aromatic N) is 2. The van der Waals surface area contributed by atoms with E-state index in [4.69, 9.17) is 4.74 Å². The summed E-state index contributed by atoms with van der Waals surface area (Å²) in [4.78, 5) is 37.7. The monoisotopic (exact) mass is 315 g/mol. The highest BCUT2D eigenvalue weighted by Gasteiger charge is 2.16. The molecule has 118 valence electrons. The van der Waals surface area contributed by atoms with Gasteiger partial charge in [0.15, 0.2) is 6.61 Å². The topological polar surface area (TPSA) is 111 Å². The van der Waals surface area contributed by atoms with Crippen LogP contribution in [0.4, 0.5) is 11.4 Å². The van der Waals surface area contributed by atoms with Crippen LogP contribution in [0.5, 0.6) is 0 Å². The number of aromatic nitrogens is 1. The van der Waals surface area contributed by atoms with E-state index in [1.807, 2.05) is 0 Å². The summed E-state index contributed by atoms with van der Waals surface area (Å²) in [6.07, 6.45) is 1.34. The van der Waals surface area contributed by atoms with E-state index in [0.29, 0.717) is 0 Å². The molecule has 0 atom stereocenters. The zero-order valence-electron chi connectivity index (χ0n) is 12.2. The number of nitrogens with one attached hydrogen (secondary N) is 1. The average molecular weight is 315 g/mol. The Morgan fingerprint density at radius 1 is 1.26 bits per heavy atom. The van der Waals surface area contributed by atoms with Crippen molar-refractivity contribution in [3.05, 3.63) is 64.0 Å². The molecule has 8 heteroatoms. The van der Waals surface area contributed by atoms with E-state index in [0.717, 1.165) is 5.69 Å². The Bertz CT molecular complexity index is 743. The number of esters is 1. The Kier molecular flexibility index (Phi) is 4.98. The van der Waals surface area contributed by atoms with Crippen molar-refractivity contribution in [1.29, 1.82) is 0 Å². The Labute approximate surface area is 131 Å². The molecule has 0 unspecified atom stereocenters. The first-order chi connectivity index (χ1) is 11.0. The lowest BCUT2D eigenvalue weighted by atomic mass is 10.2. The molecule has 0 spiro atoms. The minimum atomic E-state index is -0.699. The molecule has 1 N–H and O–H groups in total. The standard InChI is InChI=1S/C15H13N3O5/c1-10-6-7-11(8-16-10)15(20)23-9-14(19)17-12-4-2-3-5-13(12)18(21)22/h2-8H,9H2,1H3,(H,17,19). The van der Waals surface area contributed by atoms with E-state index in [-0.39, 0.29) is 16.9 Å². The third-order valence-corrected chi connectivity index (χ3v) is 2.86. The number of nitro groups is 1. The third kappa shape index (κ3) is 4.34. The first kappa shape index (κ1) is 16.1. The molecule has 0 fully saturated rings. The first-order valence-corrected chi connectivity index (χ1v) is 6.60. The Hall–Kier alpha value is -3.29. The fourth-order valence-corrected chi connectivity index (χ4v) is 1.73. The van der Waals surface area contributed by atoms with Crippen LogP contribution in [0.25, 0.3) is 0 Å². The zero-order valence-corrected chi connectivity index (χ0v) is 12.2.